The highest BCUT2D eigenvalue weighted by Crippen LogP contribution is 2.13. The molecular formula is C10H12Cl2O2. The van der Waals surface area contributed by atoms with E-state index in [0.29, 0.717) is 6.61 Å². The van der Waals surface area contributed by atoms with Crippen molar-refractivity contribution in [2.75, 3.05) is 6.61 Å². The van der Waals surface area contributed by atoms with Crippen LogP contribution in [0.2, 0.25) is 0 Å². The van der Waals surface area contributed by atoms with Crippen molar-refractivity contribution in [2.45, 2.75) is 17.5 Å². The molecule has 0 aliphatic heterocycles. The first-order valence-corrected chi connectivity index (χ1v) is 5.16. The van der Waals surface area contributed by atoms with Crippen LogP contribution in [0.25, 0.3) is 0 Å². The van der Waals surface area contributed by atoms with Crippen molar-refractivity contribution in [1.82, 2.24) is 0 Å². The van der Waals surface area contributed by atoms with Crippen LogP contribution in [0.5, 0.6) is 0 Å². The Labute approximate surface area is 93.4 Å². The highest BCUT2D eigenvalue weighted by atomic mass is 35.5. The molecular weight excluding hydrogens is 223 g/mol. The molecule has 0 saturated heterocycles. The summed E-state index contributed by atoms with van der Waals surface area (Å²) in [7, 11) is 0. The zero-order valence-corrected chi connectivity index (χ0v) is 9.08. The highest BCUT2D eigenvalue weighted by molar-refractivity contribution is 6.29. The Hall–Kier alpha value is -0.280. The van der Waals surface area contributed by atoms with Gasteiger partial charge in [0.25, 0.3) is 0 Å². The third-order valence-corrected chi connectivity index (χ3v) is 2.64. The summed E-state index contributed by atoms with van der Waals surface area (Å²) in [4.78, 5) is 0. The molecule has 0 aromatic heterocycles. The van der Waals surface area contributed by atoms with Gasteiger partial charge in [0.1, 0.15) is 5.56 Å². The van der Waals surface area contributed by atoms with Crippen molar-refractivity contribution in [2.24, 2.45) is 0 Å². The van der Waals surface area contributed by atoms with Gasteiger partial charge in [0.05, 0.1) is 18.6 Å². The SMILES string of the molecule is OC[C@H](Cl)[C@@H](Cl)OCc1ccccc1. The minimum atomic E-state index is -0.665. The van der Waals surface area contributed by atoms with E-state index in [1.165, 1.54) is 0 Å². The van der Waals surface area contributed by atoms with Gasteiger partial charge in [0.2, 0.25) is 0 Å². The van der Waals surface area contributed by atoms with E-state index in [4.69, 9.17) is 33.0 Å². The first-order chi connectivity index (χ1) is 6.74. The lowest BCUT2D eigenvalue weighted by Gasteiger charge is -2.14. The molecule has 14 heavy (non-hydrogen) atoms. The molecule has 0 spiro atoms. The molecule has 4 heteroatoms. The minimum Gasteiger partial charge on any atom is -0.395 e. The number of aliphatic hydroxyl groups is 1. The van der Waals surface area contributed by atoms with Crippen LogP contribution in [0.4, 0.5) is 0 Å². The van der Waals surface area contributed by atoms with Gasteiger partial charge >= 0.3 is 0 Å². The van der Waals surface area contributed by atoms with Gasteiger partial charge in [-0.05, 0) is 5.56 Å². The second-order valence-electron chi connectivity index (χ2n) is 2.85. The van der Waals surface area contributed by atoms with Crippen LogP contribution in [-0.4, -0.2) is 22.7 Å². The number of benzene rings is 1. The Balaban J connectivity index is 2.34. The number of halogens is 2. The second kappa shape index (κ2) is 6.25. The topological polar surface area (TPSA) is 29.5 Å². The van der Waals surface area contributed by atoms with Gasteiger partial charge in [0, 0.05) is 0 Å². The van der Waals surface area contributed by atoms with E-state index >= 15 is 0 Å². The van der Waals surface area contributed by atoms with Gasteiger partial charge in [-0.25, -0.2) is 0 Å². The van der Waals surface area contributed by atoms with Crippen LogP contribution in [0.1, 0.15) is 5.56 Å². The van der Waals surface area contributed by atoms with Crippen LogP contribution >= 0.6 is 23.2 Å². The molecule has 1 rings (SSSR count). The predicted octanol–water partition coefficient (Wildman–Crippen LogP) is 2.37. The molecule has 1 aromatic rings. The summed E-state index contributed by atoms with van der Waals surface area (Å²) in [5.74, 6) is 0. The third-order valence-electron chi connectivity index (χ3n) is 1.71. The predicted molar refractivity (Wildman–Crippen MR) is 57.6 cm³/mol. The number of aliphatic hydroxyl groups excluding tert-OH is 1. The first-order valence-electron chi connectivity index (χ1n) is 4.28. The maximum absolute atomic E-state index is 8.71. The lowest BCUT2D eigenvalue weighted by molar-refractivity contribution is 0.0785. The molecule has 0 fully saturated rings. The van der Waals surface area contributed by atoms with E-state index in [9.17, 15) is 0 Å². The molecule has 0 aliphatic rings. The molecule has 2 atom stereocenters. The molecule has 0 heterocycles. The Morgan fingerprint density at radius 3 is 2.43 bits per heavy atom. The zero-order valence-electron chi connectivity index (χ0n) is 7.57. The van der Waals surface area contributed by atoms with Crippen LogP contribution in [0, 0.1) is 0 Å². The fourth-order valence-corrected chi connectivity index (χ4v) is 1.15. The standard InChI is InChI=1S/C10H12Cl2O2/c11-9(6-13)10(12)14-7-8-4-2-1-3-5-8/h1-5,9-10,13H,6-7H2/t9-,10-/m0/s1. The van der Waals surface area contributed by atoms with E-state index in [-0.39, 0.29) is 6.61 Å². The van der Waals surface area contributed by atoms with E-state index in [1.54, 1.807) is 0 Å². The monoisotopic (exact) mass is 234 g/mol. The molecule has 2 nitrogen and oxygen atoms in total. The number of hydrogen-bond donors (Lipinski definition) is 1. The Bertz CT molecular complexity index is 254. The normalized spacial score (nSPS) is 15.1. The van der Waals surface area contributed by atoms with E-state index in [2.05, 4.69) is 0 Å². The third kappa shape index (κ3) is 3.84. The fourth-order valence-electron chi connectivity index (χ4n) is 0.937. The molecule has 78 valence electrons. The first kappa shape index (κ1) is 11.8. The van der Waals surface area contributed by atoms with Gasteiger partial charge < -0.3 is 9.84 Å². The van der Waals surface area contributed by atoms with Gasteiger partial charge in [0.15, 0.2) is 0 Å². The summed E-state index contributed by atoms with van der Waals surface area (Å²) in [6, 6.07) is 9.65. The molecule has 0 unspecified atom stereocenters. The second-order valence-corrected chi connectivity index (χ2v) is 3.84. The average molecular weight is 235 g/mol. The number of rotatable bonds is 5. The van der Waals surface area contributed by atoms with Gasteiger partial charge in [-0.3, -0.25) is 0 Å². The molecule has 0 aliphatic carbocycles. The summed E-state index contributed by atoms with van der Waals surface area (Å²) in [5.41, 5.74) is 0.363. The van der Waals surface area contributed by atoms with E-state index < -0.39 is 10.9 Å². The van der Waals surface area contributed by atoms with Gasteiger partial charge in [-0.15, -0.1) is 11.6 Å². The lowest BCUT2D eigenvalue weighted by Crippen LogP contribution is -2.21. The summed E-state index contributed by atoms with van der Waals surface area (Å²) >= 11 is 11.4. The minimum absolute atomic E-state index is 0.190. The lowest BCUT2D eigenvalue weighted by atomic mass is 10.2. The van der Waals surface area contributed by atoms with Crippen molar-refractivity contribution >= 4 is 23.2 Å². The smallest absolute Gasteiger partial charge is 0.150 e. The van der Waals surface area contributed by atoms with Crippen LogP contribution < -0.4 is 0 Å². The molecule has 1 N–H and O–H groups in total. The largest absolute Gasteiger partial charge is 0.395 e. The van der Waals surface area contributed by atoms with Crippen molar-refractivity contribution in [3.8, 4) is 0 Å². The maximum atomic E-state index is 8.71. The van der Waals surface area contributed by atoms with E-state index in [0.717, 1.165) is 5.56 Å². The fraction of sp³-hybridized carbons (Fsp3) is 0.400. The maximum Gasteiger partial charge on any atom is 0.150 e. The van der Waals surface area contributed by atoms with Crippen molar-refractivity contribution < 1.29 is 9.84 Å². The molecule has 0 bridgehead atoms. The molecule has 1 aromatic carbocycles. The van der Waals surface area contributed by atoms with Gasteiger partial charge in [-0.2, -0.15) is 0 Å². The van der Waals surface area contributed by atoms with Crippen LogP contribution in [0.15, 0.2) is 30.3 Å². The summed E-state index contributed by atoms with van der Waals surface area (Å²) in [5, 5.41) is 8.14. The van der Waals surface area contributed by atoms with Crippen molar-refractivity contribution in [3.05, 3.63) is 35.9 Å². The number of ether oxygens (including phenoxy) is 1. The highest BCUT2D eigenvalue weighted by Gasteiger charge is 2.15. The van der Waals surface area contributed by atoms with Gasteiger partial charge in [-0.1, -0.05) is 41.9 Å². The summed E-state index contributed by atoms with van der Waals surface area (Å²) in [6.45, 7) is 0.211. The molecule has 0 amide bonds. The Kier molecular flexibility index (Phi) is 5.26. The number of alkyl halides is 2. The number of hydrogen-bond acceptors (Lipinski definition) is 2. The summed E-state index contributed by atoms with van der Waals surface area (Å²) < 4.78 is 5.25. The van der Waals surface area contributed by atoms with Crippen molar-refractivity contribution in [1.29, 1.82) is 0 Å². The van der Waals surface area contributed by atoms with Crippen molar-refractivity contribution in [3.63, 3.8) is 0 Å². The summed E-state index contributed by atoms with van der Waals surface area (Å²) in [6.07, 6.45) is 0. The Morgan fingerprint density at radius 1 is 1.21 bits per heavy atom. The molecule has 0 saturated carbocycles. The Morgan fingerprint density at radius 2 is 1.86 bits per heavy atom. The van der Waals surface area contributed by atoms with Crippen LogP contribution in [0.3, 0.4) is 0 Å². The zero-order chi connectivity index (χ0) is 10.4. The van der Waals surface area contributed by atoms with Crippen LogP contribution in [-0.2, 0) is 11.3 Å². The van der Waals surface area contributed by atoms with E-state index in [1.807, 2.05) is 30.3 Å². The quantitative estimate of drug-likeness (QED) is 0.794. The average Bonchev–Trinajstić information content (AvgIpc) is 2.26. The molecule has 0 radical (unpaired) electrons.